The number of carbonyl (C=O) groups is 1. The van der Waals surface area contributed by atoms with Gasteiger partial charge in [0.2, 0.25) is 5.91 Å². The minimum Gasteiger partial charge on any atom is -0.361 e. The lowest BCUT2D eigenvalue weighted by Gasteiger charge is -2.42. The number of nitrogens with zero attached hydrogens (tertiary/aromatic N) is 6. The van der Waals surface area contributed by atoms with Crippen molar-refractivity contribution in [1.82, 2.24) is 19.8 Å². The van der Waals surface area contributed by atoms with Crippen LogP contribution in [0.4, 0.5) is 11.6 Å². The Labute approximate surface area is 168 Å². The summed E-state index contributed by atoms with van der Waals surface area (Å²) in [5.74, 6) is 2.51. The first-order valence-electron chi connectivity index (χ1n) is 10.9. The average molecular weight is 387 g/mol. The lowest BCUT2D eigenvalue weighted by Crippen LogP contribution is -2.51. The second-order valence-electron chi connectivity index (χ2n) is 8.71. The maximum absolute atomic E-state index is 12.8. The first kappa shape index (κ1) is 19.4. The Morgan fingerprint density at radius 1 is 1.00 bits per heavy atom. The van der Waals surface area contributed by atoms with Gasteiger partial charge in [0.15, 0.2) is 0 Å². The standard InChI is InChI=1S/C21H34N6O/c1-24(2)19-14-22-15-20(23-19)25-12-7-18(8-13-25)27-11-5-6-17(16-27)21(28)26-9-3-4-10-26/h14-15,17-18H,3-13,16H2,1-2H3/t17-/m0/s1. The van der Waals surface area contributed by atoms with Crippen molar-refractivity contribution in [2.45, 2.75) is 44.6 Å². The summed E-state index contributed by atoms with van der Waals surface area (Å²) in [6, 6.07) is 0.593. The van der Waals surface area contributed by atoms with Crippen LogP contribution in [0.5, 0.6) is 0 Å². The summed E-state index contributed by atoms with van der Waals surface area (Å²) in [5, 5.41) is 0. The van der Waals surface area contributed by atoms with Crippen molar-refractivity contribution in [2.24, 2.45) is 5.92 Å². The van der Waals surface area contributed by atoms with E-state index in [0.717, 1.165) is 76.6 Å². The summed E-state index contributed by atoms with van der Waals surface area (Å²) in [6.45, 7) is 6.07. The van der Waals surface area contributed by atoms with Crippen molar-refractivity contribution < 1.29 is 4.79 Å². The molecule has 1 aromatic rings. The van der Waals surface area contributed by atoms with Gasteiger partial charge in [-0.2, -0.15) is 0 Å². The molecule has 3 fully saturated rings. The third-order valence-electron chi connectivity index (χ3n) is 6.59. The molecule has 1 atom stereocenters. The fourth-order valence-electron chi connectivity index (χ4n) is 4.91. The van der Waals surface area contributed by atoms with Crippen LogP contribution in [-0.2, 0) is 4.79 Å². The normalized spacial score (nSPS) is 24.6. The molecule has 3 aliphatic rings. The minimum absolute atomic E-state index is 0.215. The molecule has 1 aromatic heterocycles. The Bertz CT molecular complexity index is 667. The quantitative estimate of drug-likeness (QED) is 0.787. The van der Waals surface area contributed by atoms with Gasteiger partial charge in [0.25, 0.3) is 0 Å². The maximum atomic E-state index is 12.8. The van der Waals surface area contributed by atoms with Crippen molar-refractivity contribution >= 4 is 17.5 Å². The van der Waals surface area contributed by atoms with Gasteiger partial charge in [0.05, 0.1) is 18.3 Å². The topological polar surface area (TPSA) is 55.8 Å². The molecular weight excluding hydrogens is 352 g/mol. The van der Waals surface area contributed by atoms with E-state index in [4.69, 9.17) is 4.98 Å². The average Bonchev–Trinajstić information content (AvgIpc) is 3.28. The monoisotopic (exact) mass is 386 g/mol. The predicted octanol–water partition coefficient (Wildman–Crippen LogP) is 1.85. The Kier molecular flexibility index (Phi) is 5.99. The van der Waals surface area contributed by atoms with Crippen LogP contribution >= 0.6 is 0 Å². The van der Waals surface area contributed by atoms with Crippen LogP contribution in [0.25, 0.3) is 0 Å². The van der Waals surface area contributed by atoms with E-state index in [1.807, 2.05) is 31.4 Å². The Hall–Kier alpha value is -1.89. The molecule has 1 amide bonds. The molecular formula is C21H34N6O. The molecule has 0 aliphatic carbocycles. The predicted molar refractivity (Wildman–Crippen MR) is 112 cm³/mol. The number of aromatic nitrogens is 2. The first-order chi connectivity index (χ1) is 13.6. The molecule has 0 radical (unpaired) electrons. The van der Waals surface area contributed by atoms with E-state index in [2.05, 4.69) is 19.7 Å². The zero-order chi connectivity index (χ0) is 19.5. The molecule has 4 rings (SSSR count). The zero-order valence-electron chi connectivity index (χ0n) is 17.4. The van der Waals surface area contributed by atoms with E-state index < -0.39 is 0 Å². The SMILES string of the molecule is CN(C)c1cncc(N2CCC(N3CCC[C@H](C(=O)N4CCCC4)C3)CC2)n1. The molecule has 0 bridgehead atoms. The highest BCUT2D eigenvalue weighted by Crippen LogP contribution is 2.27. The lowest BCUT2D eigenvalue weighted by atomic mass is 9.93. The number of likely N-dealkylation sites (tertiary alicyclic amines) is 2. The van der Waals surface area contributed by atoms with Crippen LogP contribution in [0.15, 0.2) is 12.4 Å². The Balaban J connectivity index is 1.32. The van der Waals surface area contributed by atoms with Gasteiger partial charge in [-0.1, -0.05) is 0 Å². The van der Waals surface area contributed by atoms with Gasteiger partial charge in [-0.25, -0.2) is 4.98 Å². The van der Waals surface area contributed by atoms with Crippen molar-refractivity contribution in [2.75, 3.05) is 63.2 Å². The second kappa shape index (κ2) is 8.64. The fourth-order valence-corrected chi connectivity index (χ4v) is 4.91. The van der Waals surface area contributed by atoms with Crippen LogP contribution in [0, 0.1) is 5.92 Å². The Morgan fingerprint density at radius 2 is 1.75 bits per heavy atom. The van der Waals surface area contributed by atoms with Gasteiger partial charge in [0.1, 0.15) is 11.6 Å². The number of hydrogen-bond donors (Lipinski definition) is 0. The van der Waals surface area contributed by atoms with Crippen molar-refractivity contribution in [3.8, 4) is 0 Å². The zero-order valence-corrected chi connectivity index (χ0v) is 17.4. The van der Waals surface area contributed by atoms with E-state index in [0.29, 0.717) is 11.9 Å². The van der Waals surface area contributed by atoms with E-state index >= 15 is 0 Å². The van der Waals surface area contributed by atoms with Crippen LogP contribution < -0.4 is 9.80 Å². The fraction of sp³-hybridized carbons (Fsp3) is 0.762. The number of piperidine rings is 2. The third-order valence-corrected chi connectivity index (χ3v) is 6.59. The van der Waals surface area contributed by atoms with Crippen LogP contribution in [-0.4, -0.2) is 85.1 Å². The second-order valence-corrected chi connectivity index (χ2v) is 8.71. The van der Waals surface area contributed by atoms with E-state index in [1.165, 1.54) is 12.8 Å². The van der Waals surface area contributed by atoms with E-state index in [-0.39, 0.29) is 5.92 Å². The molecule has 0 saturated carbocycles. The molecule has 4 heterocycles. The molecule has 0 unspecified atom stereocenters. The van der Waals surface area contributed by atoms with Crippen molar-refractivity contribution in [3.05, 3.63) is 12.4 Å². The van der Waals surface area contributed by atoms with E-state index in [1.54, 1.807) is 0 Å². The van der Waals surface area contributed by atoms with Crippen molar-refractivity contribution in [1.29, 1.82) is 0 Å². The largest absolute Gasteiger partial charge is 0.361 e. The summed E-state index contributed by atoms with van der Waals surface area (Å²) in [6.07, 6.45) is 10.5. The van der Waals surface area contributed by atoms with Gasteiger partial charge < -0.3 is 14.7 Å². The number of anilines is 2. The number of amides is 1. The van der Waals surface area contributed by atoms with Crippen LogP contribution in [0.2, 0.25) is 0 Å². The molecule has 0 spiro atoms. The Morgan fingerprint density at radius 3 is 2.46 bits per heavy atom. The molecule has 7 nitrogen and oxygen atoms in total. The molecule has 154 valence electrons. The van der Waals surface area contributed by atoms with Crippen molar-refractivity contribution in [3.63, 3.8) is 0 Å². The highest BCUT2D eigenvalue weighted by Gasteiger charge is 2.34. The number of carbonyl (C=O) groups excluding carboxylic acids is 1. The van der Waals surface area contributed by atoms with Gasteiger partial charge in [0, 0.05) is 52.9 Å². The lowest BCUT2D eigenvalue weighted by molar-refractivity contribution is -0.136. The maximum Gasteiger partial charge on any atom is 0.226 e. The third kappa shape index (κ3) is 4.24. The molecule has 3 saturated heterocycles. The molecule has 0 N–H and O–H groups in total. The number of hydrogen-bond acceptors (Lipinski definition) is 6. The minimum atomic E-state index is 0.215. The smallest absolute Gasteiger partial charge is 0.226 e. The first-order valence-corrected chi connectivity index (χ1v) is 10.9. The summed E-state index contributed by atoms with van der Waals surface area (Å²) in [4.78, 5) is 31.0. The van der Waals surface area contributed by atoms with Gasteiger partial charge in [-0.3, -0.25) is 14.7 Å². The highest BCUT2D eigenvalue weighted by molar-refractivity contribution is 5.79. The van der Waals surface area contributed by atoms with Gasteiger partial charge in [-0.05, 0) is 45.1 Å². The van der Waals surface area contributed by atoms with Crippen LogP contribution in [0.1, 0.15) is 38.5 Å². The van der Waals surface area contributed by atoms with Crippen LogP contribution in [0.3, 0.4) is 0 Å². The molecule has 7 heteroatoms. The van der Waals surface area contributed by atoms with E-state index in [9.17, 15) is 4.79 Å². The number of rotatable bonds is 4. The van der Waals surface area contributed by atoms with Gasteiger partial charge in [-0.15, -0.1) is 0 Å². The van der Waals surface area contributed by atoms with Gasteiger partial charge >= 0.3 is 0 Å². The molecule has 28 heavy (non-hydrogen) atoms. The summed E-state index contributed by atoms with van der Waals surface area (Å²) in [7, 11) is 3.99. The summed E-state index contributed by atoms with van der Waals surface area (Å²) >= 11 is 0. The molecule has 0 aromatic carbocycles. The summed E-state index contributed by atoms with van der Waals surface area (Å²) < 4.78 is 0. The molecule has 3 aliphatic heterocycles. The summed E-state index contributed by atoms with van der Waals surface area (Å²) in [5.41, 5.74) is 0. The highest BCUT2D eigenvalue weighted by atomic mass is 16.2.